The Labute approximate surface area is 101 Å². The fourth-order valence-electron chi connectivity index (χ4n) is 1.85. The SMILES string of the molecule is CCC(C)N(C)C(CN)c1ccc(F)c(F)c1. The summed E-state index contributed by atoms with van der Waals surface area (Å²) in [5, 5.41) is 0. The molecule has 0 heterocycles. The molecule has 1 aromatic rings. The van der Waals surface area contributed by atoms with Crippen LogP contribution in [0, 0.1) is 11.6 Å². The van der Waals surface area contributed by atoms with Crippen molar-refractivity contribution in [2.24, 2.45) is 5.73 Å². The summed E-state index contributed by atoms with van der Waals surface area (Å²) in [6.45, 7) is 4.55. The zero-order chi connectivity index (χ0) is 13.0. The number of likely N-dealkylation sites (N-methyl/N-ethyl adjacent to an activating group) is 1. The number of halogens is 2. The first kappa shape index (κ1) is 14.1. The Morgan fingerprint density at radius 2 is 1.94 bits per heavy atom. The van der Waals surface area contributed by atoms with Crippen LogP contribution in [-0.4, -0.2) is 24.5 Å². The maximum absolute atomic E-state index is 13.2. The molecule has 0 radical (unpaired) electrons. The molecule has 0 fully saturated rings. The van der Waals surface area contributed by atoms with Gasteiger partial charge in [0.25, 0.3) is 0 Å². The second-order valence-corrected chi connectivity index (χ2v) is 4.35. The largest absolute Gasteiger partial charge is 0.329 e. The molecule has 2 N–H and O–H groups in total. The van der Waals surface area contributed by atoms with E-state index in [-0.39, 0.29) is 6.04 Å². The molecule has 0 amide bonds. The summed E-state index contributed by atoms with van der Waals surface area (Å²) in [5.41, 5.74) is 6.45. The molecule has 1 aromatic carbocycles. The van der Waals surface area contributed by atoms with E-state index >= 15 is 0 Å². The second-order valence-electron chi connectivity index (χ2n) is 4.35. The minimum Gasteiger partial charge on any atom is -0.329 e. The van der Waals surface area contributed by atoms with E-state index < -0.39 is 11.6 Å². The highest BCUT2D eigenvalue weighted by molar-refractivity contribution is 5.21. The van der Waals surface area contributed by atoms with E-state index in [2.05, 4.69) is 18.7 Å². The van der Waals surface area contributed by atoms with Crippen molar-refractivity contribution in [3.05, 3.63) is 35.4 Å². The second kappa shape index (κ2) is 6.07. The first-order chi connectivity index (χ1) is 8.01. The first-order valence-corrected chi connectivity index (χ1v) is 5.88. The molecular weight excluding hydrogens is 222 g/mol. The van der Waals surface area contributed by atoms with Crippen LogP contribution in [0.4, 0.5) is 8.78 Å². The van der Waals surface area contributed by atoms with Gasteiger partial charge < -0.3 is 5.73 Å². The van der Waals surface area contributed by atoms with Crippen molar-refractivity contribution in [2.45, 2.75) is 32.4 Å². The lowest BCUT2D eigenvalue weighted by molar-refractivity contribution is 0.184. The molecule has 2 atom stereocenters. The summed E-state index contributed by atoms with van der Waals surface area (Å²) < 4.78 is 26.1. The molecular formula is C13H20F2N2. The Balaban J connectivity index is 2.97. The standard InChI is InChI=1S/C13H20F2N2/c1-4-9(2)17(3)13(8-16)10-5-6-11(14)12(15)7-10/h5-7,9,13H,4,8,16H2,1-3H3. The first-order valence-electron chi connectivity index (χ1n) is 5.88. The quantitative estimate of drug-likeness (QED) is 0.860. The van der Waals surface area contributed by atoms with E-state index in [0.717, 1.165) is 12.5 Å². The normalized spacial score (nSPS) is 15.0. The molecule has 4 heteroatoms. The maximum Gasteiger partial charge on any atom is 0.159 e. The highest BCUT2D eigenvalue weighted by atomic mass is 19.2. The lowest BCUT2D eigenvalue weighted by atomic mass is 10.0. The summed E-state index contributed by atoms with van der Waals surface area (Å²) in [4.78, 5) is 2.09. The third kappa shape index (κ3) is 3.23. The fourth-order valence-corrected chi connectivity index (χ4v) is 1.85. The van der Waals surface area contributed by atoms with Crippen molar-refractivity contribution in [1.82, 2.24) is 4.90 Å². The van der Waals surface area contributed by atoms with E-state index in [1.807, 2.05) is 7.05 Å². The molecule has 0 aliphatic carbocycles. The fraction of sp³-hybridized carbons (Fsp3) is 0.538. The smallest absolute Gasteiger partial charge is 0.159 e. The predicted molar refractivity (Wildman–Crippen MR) is 65.7 cm³/mol. The minimum atomic E-state index is -0.823. The van der Waals surface area contributed by atoms with Crippen LogP contribution in [0.3, 0.4) is 0 Å². The van der Waals surface area contributed by atoms with Crippen LogP contribution >= 0.6 is 0 Å². The van der Waals surface area contributed by atoms with Gasteiger partial charge in [0.2, 0.25) is 0 Å². The molecule has 1 rings (SSSR count). The van der Waals surface area contributed by atoms with Gasteiger partial charge in [0.1, 0.15) is 0 Å². The summed E-state index contributed by atoms with van der Waals surface area (Å²) in [7, 11) is 1.95. The Morgan fingerprint density at radius 1 is 1.29 bits per heavy atom. The number of benzene rings is 1. The predicted octanol–water partition coefficient (Wildman–Crippen LogP) is 2.69. The molecule has 0 saturated heterocycles. The van der Waals surface area contributed by atoms with Crippen LogP contribution in [0.25, 0.3) is 0 Å². The summed E-state index contributed by atoms with van der Waals surface area (Å²) in [6.07, 6.45) is 0.983. The van der Waals surface area contributed by atoms with Crippen LogP contribution in [0.15, 0.2) is 18.2 Å². The zero-order valence-corrected chi connectivity index (χ0v) is 10.6. The minimum absolute atomic E-state index is 0.0833. The molecule has 17 heavy (non-hydrogen) atoms. The monoisotopic (exact) mass is 242 g/mol. The van der Waals surface area contributed by atoms with Gasteiger partial charge in [-0.2, -0.15) is 0 Å². The molecule has 96 valence electrons. The molecule has 0 aliphatic heterocycles. The highest BCUT2D eigenvalue weighted by Crippen LogP contribution is 2.23. The van der Waals surface area contributed by atoms with Crippen molar-refractivity contribution >= 4 is 0 Å². The maximum atomic E-state index is 13.2. The van der Waals surface area contributed by atoms with Gasteiger partial charge in [0.15, 0.2) is 11.6 Å². The number of nitrogens with zero attached hydrogens (tertiary/aromatic N) is 1. The molecule has 2 nitrogen and oxygen atoms in total. The van der Waals surface area contributed by atoms with E-state index in [0.29, 0.717) is 18.2 Å². The Bertz CT molecular complexity index is 368. The van der Waals surface area contributed by atoms with Crippen LogP contribution in [0.2, 0.25) is 0 Å². The van der Waals surface area contributed by atoms with Crippen molar-refractivity contribution in [3.8, 4) is 0 Å². The van der Waals surface area contributed by atoms with Gasteiger partial charge >= 0.3 is 0 Å². The lowest BCUT2D eigenvalue weighted by Crippen LogP contribution is -2.36. The van der Waals surface area contributed by atoms with E-state index in [4.69, 9.17) is 5.73 Å². The molecule has 0 spiro atoms. The Hall–Kier alpha value is -1.00. The Kier molecular flexibility index (Phi) is 5.02. The van der Waals surface area contributed by atoms with E-state index in [1.54, 1.807) is 6.07 Å². The molecule has 2 unspecified atom stereocenters. The van der Waals surface area contributed by atoms with Crippen molar-refractivity contribution in [2.75, 3.05) is 13.6 Å². The molecule has 0 saturated carbocycles. The summed E-state index contributed by atoms with van der Waals surface area (Å²) in [5.74, 6) is -1.64. The van der Waals surface area contributed by atoms with E-state index in [9.17, 15) is 8.78 Å². The van der Waals surface area contributed by atoms with Gasteiger partial charge in [-0.1, -0.05) is 13.0 Å². The zero-order valence-electron chi connectivity index (χ0n) is 10.6. The van der Waals surface area contributed by atoms with Crippen LogP contribution in [-0.2, 0) is 0 Å². The van der Waals surface area contributed by atoms with Gasteiger partial charge in [-0.3, -0.25) is 4.90 Å². The number of rotatable bonds is 5. The average molecular weight is 242 g/mol. The van der Waals surface area contributed by atoms with Crippen molar-refractivity contribution in [3.63, 3.8) is 0 Å². The van der Waals surface area contributed by atoms with Gasteiger partial charge in [0, 0.05) is 18.6 Å². The van der Waals surface area contributed by atoms with Crippen LogP contribution in [0.1, 0.15) is 31.9 Å². The van der Waals surface area contributed by atoms with Crippen LogP contribution < -0.4 is 5.73 Å². The molecule has 0 aliphatic rings. The number of hydrogen-bond acceptors (Lipinski definition) is 2. The van der Waals surface area contributed by atoms with Gasteiger partial charge in [0.05, 0.1) is 0 Å². The van der Waals surface area contributed by atoms with Crippen molar-refractivity contribution < 1.29 is 8.78 Å². The number of hydrogen-bond donors (Lipinski definition) is 1. The summed E-state index contributed by atoms with van der Waals surface area (Å²) in [6, 6.07) is 4.23. The Morgan fingerprint density at radius 3 is 2.41 bits per heavy atom. The number of nitrogens with two attached hydrogens (primary N) is 1. The molecule has 0 bridgehead atoms. The average Bonchev–Trinajstić information content (AvgIpc) is 2.33. The highest BCUT2D eigenvalue weighted by Gasteiger charge is 2.20. The van der Waals surface area contributed by atoms with Gasteiger partial charge in [-0.05, 0) is 38.1 Å². The lowest BCUT2D eigenvalue weighted by Gasteiger charge is -2.32. The van der Waals surface area contributed by atoms with Gasteiger partial charge in [-0.25, -0.2) is 8.78 Å². The molecule has 0 aromatic heterocycles. The van der Waals surface area contributed by atoms with E-state index in [1.165, 1.54) is 6.07 Å². The third-order valence-electron chi connectivity index (χ3n) is 3.33. The topological polar surface area (TPSA) is 29.3 Å². The third-order valence-corrected chi connectivity index (χ3v) is 3.33. The van der Waals surface area contributed by atoms with Gasteiger partial charge in [-0.15, -0.1) is 0 Å². The van der Waals surface area contributed by atoms with Crippen LogP contribution in [0.5, 0.6) is 0 Å². The van der Waals surface area contributed by atoms with Crippen molar-refractivity contribution in [1.29, 1.82) is 0 Å². The summed E-state index contributed by atoms with van der Waals surface area (Å²) >= 11 is 0.